The average molecular weight is 306 g/mol. The standard InChI is InChI=1S/C16H20ClN3O/c1-11-7-14(12(2)21-11)10-20-16(18-3)19-9-13-5-4-6-15(17)8-13/h4-8H,9-10H2,1-3H3,(H2,18,19,20). The molecule has 1 aromatic carbocycles. The summed E-state index contributed by atoms with van der Waals surface area (Å²) in [4.78, 5) is 4.21. The Kier molecular flexibility index (Phi) is 5.28. The van der Waals surface area contributed by atoms with Crippen LogP contribution in [0.1, 0.15) is 22.6 Å². The Morgan fingerprint density at radius 2 is 1.95 bits per heavy atom. The zero-order valence-electron chi connectivity index (χ0n) is 12.5. The molecule has 0 aliphatic heterocycles. The predicted molar refractivity (Wildman–Crippen MR) is 86.7 cm³/mol. The molecule has 0 atom stereocenters. The summed E-state index contributed by atoms with van der Waals surface area (Å²) in [5, 5.41) is 7.27. The molecule has 2 rings (SSSR count). The zero-order valence-corrected chi connectivity index (χ0v) is 13.3. The number of hydrogen-bond donors (Lipinski definition) is 2. The number of rotatable bonds is 4. The molecule has 0 aliphatic rings. The molecule has 0 fully saturated rings. The Hall–Kier alpha value is -1.94. The number of aliphatic imine (C=N–C) groups is 1. The van der Waals surface area contributed by atoms with Gasteiger partial charge in [-0.3, -0.25) is 4.99 Å². The number of halogens is 1. The van der Waals surface area contributed by atoms with Gasteiger partial charge in [0, 0.05) is 30.7 Å². The van der Waals surface area contributed by atoms with Gasteiger partial charge in [0.1, 0.15) is 11.5 Å². The molecule has 2 aromatic rings. The second-order valence-corrected chi connectivity index (χ2v) is 5.28. The van der Waals surface area contributed by atoms with Crippen LogP contribution in [0.2, 0.25) is 5.02 Å². The number of furan rings is 1. The molecular weight excluding hydrogens is 286 g/mol. The van der Waals surface area contributed by atoms with Gasteiger partial charge in [-0.05, 0) is 37.6 Å². The predicted octanol–water partition coefficient (Wildman–Crippen LogP) is 3.42. The SMILES string of the molecule is CN=C(NCc1cccc(Cl)c1)NCc1cc(C)oc1C. The minimum Gasteiger partial charge on any atom is -0.466 e. The molecule has 0 unspecified atom stereocenters. The third kappa shape index (κ3) is 4.53. The Balaban J connectivity index is 1.88. The molecule has 0 aliphatic carbocycles. The van der Waals surface area contributed by atoms with E-state index in [0.29, 0.717) is 13.1 Å². The van der Waals surface area contributed by atoms with Crippen LogP contribution in [0.3, 0.4) is 0 Å². The van der Waals surface area contributed by atoms with Crippen molar-refractivity contribution in [2.45, 2.75) is 26.9 Å². The van der Waals surface area contributed by atoms with Crippen molar-refractivity contribution in [3.05, 3.63) is 58.0 Å². The average Bonchev–Trinajstić information content (AvgIpc) is 2.77. The Bertz CT molecular complexity index is 634. The lowest BCUT2D eigenvalue weighted by atomic mass is 10.2. The molecule has 0 amide bonds. The minimum absolute atomic E-state index is 0.670. The maximum absolute atomic E-state index is 5.97. The highest BCUT2D eigenvalue weighted by Crippen LogP contribution is 2.13. The van der Waals surface area contributed by atoms with Gasteiger partial charge >= 0.3 is 0 Å². The van der Waals surface area contributed by atoms with E-state index in [1.807, 2.05) is 44.2 Å². The summed E-state index contributed by atoms with van der Waals surface area (Å²) in [7, 11) is 1.75. The molecule has 4 nitrogen and oxygen atoms in total. The molecule has 1 aromatic heterocycles. The minimum atomic E-state index is 0.670. The molecule has 1 heterocycles. The maximum atomic E-state index is 5.97. The van der Waals surface area contributed by atoms with Crippen molar-refractivity contribution in [3.8, 4) is 0 Å². The molecule has 21 heavy (non-hydrogen) atoms. The first-order chi connectivity index (χ1) is 10.1. The molecule has 0 bridgehead atoms. The van der Waals surface area contributed by atoms with E-state index >= 15 is 0 Å². The second-order valence-electron chi connectivity index (χ2n) is 4.85. The summed E-state index contributed by atoms with van der Waals surface area (Å²) >= 11 is 5.97. The normalized spacial score (nSPS) is 11.5. The van der Waals surface area contributed by atoms with E-state index in [0.717, 1.165) is 33.6 Å². The molecule has 2 N–H and O–H groups in total. The quantitative estimate of drug-likeness (QED) is 0.672. The van der Waals surface area contributed by atoms with Crippen LogP contribution in [0, 0.1) is 13.8 Å². The van der Waals surface area contributed by atoms with Gasteiger partial charge in [-0.25, -0.2) is 0 Å². The zero-order chi connectivity index (χ0) is 15.2. The molecular formula is C16H20ClN3O. The van der Waals surface area contributed by atoms with Crippen molar-refractivity contribution in [2.75, 3.05) is 7.05 Å². The molecule has 0 spiro atoms. The molecule has 0 saturated heterocycles. The fraction of sp³-hybridized carbons (Fsp3) is 0.312. The Labute approximate surface area is 130 Å². The van der Waals surface area contributed by atoms with E-state index in [4.69, 9.17) is 16.0 Å². The number of guanidine groups is 1. The first-order valence-electron chi connectivity index (χ1n) is 6.83. The molecule has 0 saturated carbocycles. The first-order valence-corrected chi connectivity index (χ1v) is 7.21. The Morgan fingerprint density at radius 3 is 2.57 bits per heavy atom. The lowest BCUT2D eigenvalue weighted by Gasteiger charge is -2.11. The summed E-state index contributed by atoms with van der Waals surface area (Å²) in [6, 6.07) is 9.79. The maximum Gasteiger partial charge on any atom is 0.191 e. The third-order valence-corrected chi connectivity index (χ3v) is 3.40. The van der Waals surface area contributed by atoms with Gasteiger partial charge in [-0.15, -0.1) is 0 Å². The smallest absolute Gasteiger partial charge is 0.191 e. The lowest BCUT2D eigenvalue weighted by molar-refractivity contribution is 0.500. The second kappa shape index (κ2) is 7.18. The van der Waals surface area contributed by atoms with E-state index in [1.165, 1.54) is 0 Å². The summed E-state index contributed by atoms with van der Waals surface area (Å²) in [6.45, 7) is 5.26. The van der Waals surface area contributed by atoms with Crippen molar-refractivity contribution in [1.29, 1.82) is 0 Å². The summed E-state index contributed by atoms with van der Waals surface area (Å²) < 4.78 is 5.51. The van der Waals surface area contributed by atoms with Crippen molar-refractivity contribution < 1.29 is 4.42 Å². The molecule has 5 heteroatoms. The number of benzene rings is 1. The summed E-state index contributed by atoms with van der Waals surface area (Å²) in [6.07, 6.45) is 0. The monoisotopic (exact) mass is 305 g/mol. The third-order valence-electron chi connectivity index (χ3n) is 3.16. The Morgan fingerprint density at radius 1 is 1.19 bits per heavy atom. The lowest BCUT2D eigenvalue weighted by Crippen LogP contribution is -2.36. The van der Waals surface area contributed by atoms with Gasteiger partial charge in [-0.1, -0.05) is 23.7 Å². The van der Waals surface area contributed by atoms with Crippen LogP contribution in [0.25, 0.3) is 0 Å². The fourth-order valence-electron chi connectivity index (χ4n) is 2.09. The van der Waals surface area contributed by atoms with Crippen LogP contribution in [0.15, 0.2) is 39.7 Å². The van der Waals surface area contributed by atoms with Gasteiger partial charge in [0.15, 0.2) is 5.96 Å². The number of hydrogen-bond acceptors (Lipinski definition) is 2. The van der Waals surface area contributed by atoms with Gasteiger partial charge in [0.25, 0.3) is 0 Å². The van der Waals surface area contributed by atoms with Crippen LogP contribution < -0.4 is 10.6 Å². The van der Waals surface area contributed by atoms with E-state index < -0.39 is 0 Å². The summed E-state index contributed by atoms with van der Waals surface area (Å²) in [5.41, 5.74) is 2.25. The van der Waals surface area contributed by atoms with E-state index in [-0.39, 0.29) is 0 Å². The van der Waals surface area contributed by atoms with Crippen molar-refractivity contribution in [3.63, 3.8) is 0 Å². The fourth-order valence-corrected chi connectivity index (χ4v) is 2.30. The first kappa shape index (κ1) is 15.4. The van der Waals surface area contributed by atoms with Crippen LogP contribution in [-0.2, 0) is 13.1 Å². The van der Waals surface area contributed by atoms with Gasteiger partial charge in [0.2, 0.25) is 0 Å². The van der Waals surface area contributed by atoms with Crippen molar-refractivity contribution in [1.82, 2.24) is 10.6 Å². The number of nitrogens with one attached hydrogen (secondary N) is 2. The van der Waals surface area contributed by atoms with E-state index in [2.05, 4.69) is 15.6 Å². The van der Waals surface area contributed by atoms with Crippen LogP contribution in [0.4, 0.5) is 0 Å². The largest absolute Gasteiger partial charge is 0.466 e. The van der Waals surface area contributed by atoms with E-state index in [9.17, 15) is 0 Å². The molecule has 112 valence electrons. The topological polar surface area (TPSA) is 49.6 Å². The van der Waals surface area contributed by atoms with Crippen molar-refractivity contribution >= 4 is 17.6 Å². The highest BCUT2D eigenvalue weighted by Gasteiger charge is 2.05. The molecule has 0 radical (unpaired) electrons. The van der Waals surface area contributed by atoms with Gasteiger partial charge < -0.3 is 15.1 Å². The summed E-state index contributed by atoms with van der Waals surface area (Å²) in [5.74, 6) is 2.60. The highest BCUT2D eigenvalue weighted by atomic mass is 35.5. The van der Waals surface area contributed by atoms with Crippen LogP contribution in [0.5, 0.6) is 0 Å². The van der Waals surface area contributed by atoms with Crippen LogP contribution >= 0.6 is 11.6 Å². The number of nitrogens with zero attached hydrogens (tertiary/aromatic N) is 1. The highest BCUT2D eigenvalue weighted by molar-refractivity contribution is 6.30. The van der Waals surface area contributed by atoms with Gasteiger partial charge in [0.05, 0.1) is 0 Å². The van der Waals surface area contributed by atoms with Crippen LogP contribution in [-0.4, -0.2) is 13.0 Å². The van der Waals surface area contributed by atoms with Gasteiger partial charge in [-0.2, -0.15) is 0 Å². The number of aryl methyl sites for hydroxylation is 2. The van der Waals surface area contributed by atoms with E-state index in [1.54, 1.807) is 7.05 Å². The van der Waals surface area contributed by atoms with Crippen molar-refractivity contribution in [2.24, 2.45) is 4.99 Å².